The first-order valence-corrected chi connectivity index (χ1v) is 8.87. The molecule has 0 fully saturated rings. The molecule has 7 heteroatoms. The van der Waals surface area contributed by atoms with Crippen molar-refractivity contribution in [3.05, 3.63) is 63.7 Å². The largest absolute Gasteiger partial charge is 0.493 e. The average molecular weight is 370 g/mol. The van der Waals surface area contributed by atoms with E-state index in [4.69, 9.17) is 9.47 Å². The normalized spacial score (nSPS) is 16.7. The second kappa shape index (κ2) is 8.07. The van der Waals surface area contributed by atoms with Gasteiger partial charge >= 0.3 is 0 Å². The Hall–Kier alpha value is -3.09. The van der Waals surface area contributed by atoms with Gasteiger partial charge < -0.3 is 14.8 Å². The van der Waals surface area contributed by atoms with E-state index in [1.807, 2.05) is 18.2 Å². The number of fused-ring (bicyclic) bond motifs is 1. The molecule has 0 radical (unpaired) electrons. The molecule has 2 aromatic carbocycles. The zero-order chi connectivity index (χ0) is 19.4. The first-order chi connectivity index (χ1) is 13.0. The lowest BCUT2D eigenvalue weighted by atomic mass is 9.87. The van der Waals surface area contributed by atoms with Crippen LogP contribution in [0.3, 0.4) is 0 Å². The molecule has 0 bridgehead atoms. The molecule has 1 N–H and O–H groups in total. The maximum atomic E-state index is 12.6. The molecule has 3 rings (SSSR count). The van der Waals surface area contributed by atoms with E-state index in [1.165, 1.54) is 30.9 Å². The molecule has 0 heterocycles. The molecule has 1 aliphatic carbocycles. The summed E-state index contributed by atoms with van der Waals surface area (Å²) < 4.78 is 10.9. The molecule has 1 amide bonds. The molecule has 2 atom stereocenters. The van der Waals surface area contributed by atoms with E-state index in [-0.39, 0.29) is 23.4 Å². The molecule has 0 spiro atoms. The highest BCUT2D eigenvalue weighted by Gasteiger charge is 2.25. The first-order valence-electron chi connectivity index (χ1n) is 8.87. The molecule has 27 heavy (non-hydrogen) atoms. The monoisotopic (exact) mass is 370 g/mol. The van der Waals surface area contributed by atoms with E-state index < -0.39 is 11.0 Å². The fourth-order valence-electron chi connectivity index (χ4n) is 3.31. The van der Waals surface area contributed by atoms with Crippen molar-refractivity contribution in [3.63, 3.8) is 0 Å². The van der Waals surface area contributed by atoms with E-state index in [1.54, 1.807) is 6.92 Å². The summed E-state index contributed by atoms with van der Waals surface area (Å²) in [6.07, 6.45) is 2.07. The molecule has 1 aliphatic rings. The van der Waals surface area contributed by atoms with Crippen molar-refractivity contribution in [2.45, 2.75) is 38.3 Å². The number of nitrogens with one attached hydrogen (secondary N) is 1. The predicted octanol–water partition coefficient (Wildman–Crippen LogP) is 3.56. The lowest BCUT2D eigenvalue weighted by Gasteiger charge is -2.27. The number of hydrogen-bond donors (Lipinski definition) is 1. The highest BCUT2D eigenvalue weighted by Crippen LogP contribution is 2.33. The third kappa shape index (κ3) is 4.19. The maximum absolute atomic E-state index is 12.6. The van der Waals surface area contributed by atoms with Gasteiger partial charge in [-0.2, -0.15) is 0 Å². The summed E-state index contributed by atoms with van der Waals surface area (Å²) >= 11 is 0. The average Bonchev–Trinajstić information content (AvgIpc) is 2.68. The van der Waals surface area contributed by atoms with Gasteiger partial charge in [-0.3, -0.25) is 14.9 Å². The predicted molar refractivity (Wildman–Crippen MR) is 100 cm³/mol. The van der Waals surface area contributed by atoms with Crippen LogP contribution >= 0.6 is 0 Å². The van der Waals surface area contributed by atoms with Crippen molar-refractivity contribution in [2.24, 2.45) is 0 Å². The summed E-state index contributed by atoms with van der Waals surface area (Å²) in [6.45, 7) is 1.61. The Balaban J connectivity index is 1.72. The molecule has 0 saturated heterocycles. The SMILES string of the molecule is COc1ccc([N+](=O)[O-])cc1OC(C)C(=O)NC1CCCc2ccccc21. The highest BCUT2D eigenvalue weighted by atomic mass is 16.6. The number of carbonyl (C=O) groups is 1. The van der Waals surface area contributed by atoms with Gasteiger partial charge in [-0.15, -0.1) is 0 Å². The molecule has 0 saturated carbocycles. The lowest BCUT2D eigenvalue weighted by Crippen LogP contribution is -2.39. The Kier molecular flexibility index (Phi) is 5.59. The first kappa shape index (κ1) is 18.7. The van der Waals surface area contributed by atoms with Crippen LogP contribution in [-0.2, 0) is 11.2 Å². The topological polar surface area (TPSA) is 90.7 Å². The zero-order valence-corrected chi connectivity index (χ0v) is 15.3. The lowest BCUT2D eigenvalue weighted by molar-refractivity contribution is -0.385. The fourth-order valence-corrected chi connectivity index (χ4v) is 3.31. The third-order valence-corrected chi connectivity index (χ3v) is 4.72. The van der Waals surface area contributed by atoms with E-state index >= 15 is 0 Å². The molecule has 0 aliphatic heterocycles. The van der Waals surface area contributed by atoms with E-state index in [0.717, 1.165) is 24.8 Å². The van der Waals surface area contributed by atoms with Crippen LogP contribution < -0.4 is 14.8 Å². The Bertz CT molecular complexity index is 852. The molecule has 0 aromatic heterocycles. The number of ether oxygens (including phenoxy) is 2. The van der Waals surface area contributed by atoms with E-state index in [2.05, 4.69) is 11.4 Å². The van der Waals surface area contributed by atoms with Crippen molar-refractivity contribution in [3.8, 4) is 11.5 Å². The number of carbonyl (C=O) groups excluding carboxylic acids is 1. The van der Waals surface area contributed by atoms with Crippen LogP contribution in [0.2, 0.25) is 0 Å². The van der Waals surface area contributed by atoms with E-state index in [9.17, 15) is 14.9 Å². The summed E-state index contributed by atoms with van der Waals surface area (Å²) in [5.41, 5.74) is 2.26. The number of non-ortho nitro benzene ring substituents is 1. The Morgan fingerprint density at radius 1 is 1.26 bits per heavy atom. The van der Waals surface area contributed by atoms with Gasteiger partial charge in [0.05, 0.1) is 24.1 Å². The molecular formula is C20H22N2O5. The minimum atomic E-state index is -0.824. The number of methoxy groups -OCH3 is 1. The van der Waals surface area contributed by atoms with Crippen LogP contribution in [0, 0.1) is 10.1 Å². The standard InChI is InChI=1S/C20H22N2O5/c1-13(27-19-12-15(22(24)25)10-11-18(19)26-2)20(23)21-17-9-5-7-14-6-3-4-8-16(14)17/h3-4,6,8,10-13,17H,5,7,9H2,1-2H3,(H,21,23). The fraction of sp³-hybridized carbons (Fsp3) is 0.350. The Labute approximate surface area is 157 Å². The van der Waals surface area contributed by atoms with Crippen LogP contribution in [0.5, 0.6) is 11.5 Å². The number of amides is 1. The van der Waals surface area contributed by atoms with Crippen molar-refractivity contribution in [1.29, 1.82) is 0 Å². The summed E-state index contributed by atoms with van der Waals surface area (Å²) in [7, 11) is 1.44. The summed E-state index contributed by atoms with van der Waals surface area (Å²) in [6, 6.07) is 12.1. The molecule has 2 unspecified atom stereocenters. The van der Waals surface area contributed by atoms with Crippen LogP contribution in [0.4, 0.5) is 5.69 Å². The quantitative estimate of drug-likeness (QED) is 0.620. The highest BCUT2D eigenvalue weighted by molar-refractivity contribution is 5.81. The summed E-state index contributed by atoms with van der Waals surface area (Å²) in [5, 5.41) is 14.0. The zero-order valence-electron chi connectivity index (χ0n) is 15.3. The number of nitro groups is 1. The van der Waals surface area contributed by atoms with Gasteiger partial charge in [0.2, 0.25) is 0 Å². The summed E-state index contributed by atoms with van der Waals surface area (Å²) in [4.78, 5) is 23.1. The molecule has 7 nitrogen and oxygen atoms in total. The van der Waals surface area contributed by atoms with Crippen LogP contribution in [0.15, 0.2) is 42.5 Å². The second-order valence-corrected chi connectivity index (χ2v) is 6.50. The van der Waals surface area contributed by atoms with Gasteiger partial charge in [-0.1, -0.05) is 24.3 Å². The Morgan fingerprint density at radius 2 is 2.04 bits per heavy atom. The summed E-state index contributed by atoms with van der Waals surface area (Å²) in [5.74, 6) is 0.229. The smallest absolute Gasteiger partial charge is 0.273 e. The van der Waals surface area contributed by atoms with Gasteiger partial charge in [0, 0.05) is 6.07 Å². The van der Waals surface area contributed by atoms with Crippen LogP contribution in [-0.4, -0.2) is 24.0 Å². The number of benzene rings is 2. The van der Waals surface area contributed by atoms with Gasteiger partial charge in [-0.05, 0) is 43.4 Å². The van der Waals surface area contributed by atoms with Gasteiger partial charge in [0.1, 0.15) is 0 Å². The minimum absolute atomic E-state index is 0.0551. The second-order valence-electron chi connectivity index (χ2n) is 6.50. The van der Waals surface area contributed by atoms with Crippen molar-refractivity contribution >= 4 is 11.6 Å². The van der Waals surface area contributed by atoms with Gasteiger partial charge in [-0.25, -0.2) is 0 Å². The molecule has 2 aromatic rings. The molecule has 142 valence electrons. The van der Waals surface area contributed by atoms with Gasteiger partial charge in [0.25, 0.3) is 11.6 Å². The number of hydrogen-bond acceptors (Lipinski definition) is 5. The van der Waals surface area contributed by atoms with Crippen molar-refractivity contribution in [2.75, 3.05) is 7.11 Å². The van der Waals surface area contributed by atoms with Crippen LogP contribution in [0.25, 0.3) is 0 Å². The number of aryl methyl sites for hydroxylation is 1. The molecular weight excluding hydrogens is 348 g/mol. The minimum Gasteiger partial charge on any atom is -0.493 e. The number of nitro benzene ring substituents is 1. The maximum Gasteiger partial charge on any atom is 0.273 e. The Morgan fingerprint density at radius 3 is 2.78 bits per heavy atom. The van der Waals surface area contributed by atoms with E-state index in [0.29, 0.717) is 5.75 Å². The van der Waals surface area contributed by atoms with Gasteiger partial charge in [0.15, 0.2) is 17.6 Å². The number of nitrogens with zero attached hydrogens (tertiary/aromatic N) is 1. The van der Waals surface area contributed by atoms with Crippen molar-refractivity contribution in [1.82, 2.24) is 5.32 Å². The van der Waals surface area contributed by atoms with Crippen molar-refractivity contribution < 1.29 is 19.2 Å². The third-order valence-electron chi connectivity index (χ3n) is 4.72. The van der Waals surface area contributed by atoms with Crippen LogP contribution in [0.1, 0.15) is 36.9 Å². The number of rotatable bonds is 6.